The molecule has 0 spiro atoms. The molecule has 0 aromatic heterocycles. The van der Waals surface area contributed by atoms with Gasteiger partial charge in [-0.3, -0.25) is 24.6 Å². The molecule has 12 nitrogen and oxygen atoms in total. The standard InChI is InChI=1S/C17H22N4O8/c1-3-18(4-2)7-9-28-15-11-13-12(10-14(15)20(24)25)16(22)19(17(13)23)6-5-8-29-21(26)27/h10-11H,3-9H2,1-2H3. The van der Waals surface area contributed by atoms with Gasteiger partial charge >= 0.3 is 5.69 Å². The molecule has 2 rings (SSSR count). The van der Waals surface area contributed by atoms with Crippen LogP contribution < -0.4 is 4.74 Å². The highest BCUT2D eigenvalue weighted by molar-refractivity contribution is 6.21. The van der Waals surface area contributed by atoms with E-state index in [1.165, 1.54) is 6.07 Å². The third kappa shape index (κ3) is 5.16. The van der Waals surface area contributed by atoms with E-state index in [1.807, 2.05) is 13.8 Å². The van der Waals surface area contributed by atoms with Crippen molar-refractivity contribution >= 4 is 17.5 Å². The monoisotopic (exact) mass is 410 g/mol. The maximum absolute atomic E-state index is 12.5. The van der Waals surface area contributed by atoms with Crippen molar-refractivity contribution in [3.05, 3.63) is 43.5 Å². The van der Waals surface area contributed by atoms with Crippen LogP contribution in [0.1, 0.15) is 41.0 Å². The van der Waals surface area contributed by atoms with E-state index in [9.17, 15) is 29.8 Å². The van der Waals surface area contributed by atoms with E-state index in [-0.39, 0.29) is 43.1 Å². The van der Waals surface area contributed by atoms with Crippen LogP contribution >= 0.6 is 0 Å². The van der Waals surface area contributed by atoms with Crippen LogP contribution in [-0.4, -0.2) is 71.0 Å². The van der Waals surface area contributed by atoms with Gasteiger partial charge in [0.25, 0.3) is 16.9 Å². The predicted molar refractivity (Wildman–Crippen MR) is 99.3 cm³/mol. The number of nitrogens with zero attached hydrogens (tertiary/aromatic N) is 4. The Labute approximate surface area is 166 Å². The number of likely N-dealkylation sites (N-methyl/N-ethyl adjacent to an activating group) is 1. The molecule has 1 heterocycles. The second-order valence-electron chi connectivity index (χ2n) is 6.17. The molecular weight excluding hydrogens is 388 g/mol. The Morgan fingerprint density at radius 2 is 1.66 bits per heavy atom. The van der Waals surface area contributed by atoms with E-state index < -0.39 is 27.5 Å². The lowest BCUT2D eigenvalue weighted by Gasteiger charge is -2.18. The molecule has 0 radical (unpaired) electrons. The Morgan fingerprint density at radius 3 is 2.21 bits per heavy atom. The Bertz CT molecular complexity index is 809. The lowest BCUT2D eigenvalue weighted by molar-refractivity contribution is -0.757. The van der Waals surface area contributed by atoms with E-state index in [4.69, 9.17) is 4.74 Å². The lowest BCUT2D eigenvalue weighted by atomic mass is 10.1. The quantitative estimate of drug-likeness (QED) is 0.216. The van der Waals surface area contributed by atoms with E-state index in [2.05, 4.69) is 9.74 Å². The number of fused-ring (bicyclic) bond motifs is 1. The number of ether oxygens (including phenoxy) is 1. The van der Waals surface area contributed by atoms with Gasteiger partial charge in [-0.15, -0.1) is 10.1 Å². The third-order valence-electron chi connectivity index (χ3n) is 4.53. The number of rotatable bonds is 12. The number of amides is 2. The van der Waals surface area contributed by atoms with E-state index >= 15 is 0 Å². The fraction of sp³-hybridized carbons (Fsp3) is 0.529. The fourth-order valence-corrected chi connectivity index (χ4v) is 2.95. The molecule has 1 aliphatic rings. The van der Waals surface area contributed by atoms with Gasteiger partial charge < -0.3 is 14.5 Å². The molecule has 12 heteroatoms. The lowest BCUT2D eigenvalue weighted by Crippen LogP contribution is -2.31. The van der Waals surface area contributed by atoms with Crippen molar-refractivity contribution < 1.29 is 29.2 Å². The zero-order chi connectivity index (χ0) is 21.6. The van der Waals surface area contributed by atoms with Crippen LogP contribution in [0.25, 0.3) is 0 Å². The first kappa shape index (κ1) is 22.0. The molecule has 0 fully saturated rings. The smallest absolute Gasteiger partial charge is 0.311 e. The summed E-state index contributed by atoms with van der Waals surface area (Å²) >= 11 is 0. The van der Waals surface area contributed by atoms with Crippen LogP contribution in [0.4, 0.5) is 5.69 Å². The number of nitro groups is 1. The highest BCUT2D eigenvalue weighted by Crippen LogP contribution is 2.35. The van der Waals surface area contributed by atoms with Crippen LogP contribution in [0.2, 0.25) is 0 Å². The fourth-order valence-electron chi connectivity index (χ4n) is 2.95. The van der Waals surface area contributed by atoms with Gasteiger partial charge in [-0.1, -0.05) is 13.8 Å². The minimum Gasteiger partial charge on any atom is -0.485 e. The van der Waals surface area contributed by atoms with E-state index in [1.54, 1.807) is 0 Å². The molecule has 0 saturated heterocycles. The van der Waals surface area contributed by atoms with E-state index in [0.29, 0.717) is 6.54 Å². The Hall–Kier alpha value is -3.28. The number of imide groups is 1. The summed E-state index contributed by atoms with van der Waals surface area (Å²) < 4.78 is 5.54. The second-order valence-corrected chi connectivity index (χ2v) is 6.17. The molecule has 1 aromatic rings. The van der Waals surface area contributed by atoms with Gasteiger partial charge in [0.15, 0.2) is 5.75 Å². The first-order valence-electron chi connectivity index (χ1n) is 9.11. The van der Waals surface area contributed by atoms with Crippen LogP contribution in [0, 0.1) is 20.2 Å². The van der Waals surface area contributed by atoms with Crippen LogP contribution in [0.3, 0.4) is 0 Å². The third-order valence-corrected chi connectivity index (χ3v) is 4.53. The number of hydrogen-bond acceptors (Lipinski definition) is 9. The van der Waals surface area contributed by atoms with Crippen molar-refractivity contribution in [2.24, 2.45) is 0 Å². The summed E-state index contributed by atoms with van der Waals surface area (Å²) in [7, 11) is 0. The minimum atomic E-state index is -0.965. The van der Waals surface area contributed by atoms with E-state index in [0.717, 1.165) is 24.1 Å². The van der Waals surface area contributed by atoms with Crippen molar-refractivity contribution in [1.29, 1.82) is 0 Å². The summed E-state index contributed by atoms with van der Waals surface area (Å²) in [6, 6.07) is 2.25. The topological polar surface area (TPSA) is 145 Å². The highest BCUT2D eigenvalue weighted by Gasteiger charge is 2.38. The van der Waals surface area contributed by atoms with Crippen LogP contribution in [0.5, 0.6) is 5.75 Å². The Balaban J connectivity index is 2.17. The molecule has 0 atom stereocenters. The number of carbonyl (C=O) groups is 2. The molecular formula is C17H22N4O8. The summed E-state index contributed by atoms with van der Waals surface area (Å²) in [5, 5.41) is 20.6. The van der Waals surface area contributed by atoms with Crippen molar-refractivity contribution in [3.8, 4) is 5.75 Å². The molecule has 1 aliphatic heterocycles. The molecule has 0 bridgehead atoms. The van der Waals surface area contributed by atoms with Crippen molar-refractivity contribution in [1.82, 2.24) is 9.80 Å². The second kappa shape index (κ2) is 9.78. The predicted octanol–water partition coefficient (Wildman–Crippen LogP) is 1.51. The molecule has 0 N–H and O–H groups in total. The SMILES string of the molecule is CCN(CC)CCOc1cc2c(cc1[N+](=O)[O-])C(=O)N(CCCO[N+](=O)[O-])C2=O. The molecule has 158 valence electrons. The van der Waals surface area contributed by atoms with Crippen molar-refractivity contribution in [3.63, 3.8) is 0 Å². The van der Waals surface area contributed by atoms with Gasteiger partial charge in [-0.25, -0.2) is 0 Å². The summed E-state index contributed by atoms with van der Waals surface area (Å²) in [6.07, 6.45) is 0.0573. The van der Waals surface area contributed by atoms with Gasteiger partial charge in [0, 0.05) is 25.2 Å². The van der Waals surface area contributed by atoms with Gasteiger partial charge in [0.05, 0.1) is 22.7 Å². The number of hydrogen-bond donors (Lipinski definition) is 0. The molecule has 29 heavy (non-hydrogen) atoms. The summed E-state index contributed by atoms with van der Waals surface area (Å²) in [4.78, 5) is 53.0. The van der Waals surface area contributed by atoms with Gasteiger partial charge in [-0.2, -0.15) is 0 Å². The summed E-state index contributed by atoms with van der Waals surface area (Å²) in [5.74, 6) is -1.40. The van der Waals surface area contributed by atoms with Gasteiger partial charge in [-0.05, 0) is 19.5 Å². The molecule has 0 unspecified atom stereocenters. The average molecular weight is 410 g/mol. The van der Waals surface area contributed by atoms with Crippen LogP contribution in [-0.2, 0) is 4.84 Å². The number of nitro benzene ring substituents is 1. The zero-order valence-electron chi connectivity index (χ0n) is 16.2. The summed E-state index contributed by atoms with van der Waals surface area (Å²) in [6.45, 7) is 5.92. The van der Waals surface area contributed by atoms with Crippen LogP contribution in [0.15, 0.2) is 12.1 Å². The average Bonchev–Trinajstić information content (AvgIpc) is 2.91. The molecule has 0 saturated carbocycles. The molecule has 1 aromatic carbocycles. The molecule has 2 amide bonds. The highest BCUT2D eigenvalue weighted by atomic mass is 16.9. The maximum Gasteiger partial charge on any atom is 0.311 e. The van der Waals surface area contributed by atoms with Crippen molar-refractivity contribution in [2.45, 2.75) is 20.3 Å². The maximum atomic E-state index is 12.5. The first-order valence-corrected chi connectivity index (χ1v) is 9.11. The number of benzene rings is 1. The first-order chi connectivity index (χ1) is 13.8. The number of carbonyl (C=O) groups excluding carboxylic acids is 2. The zero-order valence-corrected chi connectivity index (χ0v) is 16.2. The minimum absolute atomic E-state index is 0.00799. The normalized spacial score (nSPS) is 13.0. The van der Waals surface area contributed by atoms with Gasteiger partial charge in [0.2, 0.25) is 0 Å². The van der Waals surface area contributed by atoms with Gasteiger partial charge in [0.1, 0.15) is 6.61 Å². The summed E-state index contributed by atoms with van der Waals surface area (Å²) in [5.41, 5.74) is -0.482. The Kier molecular flexibility index (Phi) is 7.42. The Morgan fingerprint density at radius 1 is 1.03 bits per heavy atom. The largest absolute Gasteiger partial charge is 0.485 e. The van der Waals surface area contributed by atoms with Crippen molar-refractivity contribution in [2.75, 3.05) is 39.4 Å². The molecule has 0 aliphatic carbocycles.